The second kappa shape index (κ2) is 4.53. The molecule has 0 saturated carbocycles. The van der Waals surface area contributed by atoms with E-state index in [1.165, 1.54) is 0 Å². The first-order chi connectivity index (χ1) is 7.77. The maximum atomic E-state index is 11.7. The van der Waals surface area contributed by atoms with Crippen molar-refractivity contribution in [3.05, 3.63) is 35.4 Å². The summed E-state index contributed by atoms with van der Waals surface area (Å²) in [5.74, 6) is -0.289. The van der Waals surface area contributed by atoms with Crippen molar-refractivity contribution in [1.29, 1.82) is 0 Å². The summed E-state index contributed by atoms with van der Waals surface area (Å²) in [7, 11) is 0. The quantitative estimate of drug-likeness (QED) is 0.653. The third-order valence-corrected chi connectivity index (χ3v) is 3.30. The van der Waals surface area contributed by atoms with Crippen molar-refractivity contribution in [1.82, 2.24) is 4.98 Å². The summed E-state index contributed by atoms with van der Waals surface area (Å²) in [6, 6.07) is 1.97. The van der Waals surface area contributed by atoms with E-state index in [1.54, 1.807) is 24.3 Å². The first kappa shape index (κ1) is 11.0. The molecule has 1 N–H and O–H groups in total. The molecule has 0 unspecified atom stereocenters. The fourth-order valence-corrected chi connectivity index (χ4v) is 2.60. The van der Waals surface area contributed by atoms with E-state index in [2.05, 4.69) is 11.6 Å². The molecule has 2 rings (SSSR count). The molecule has 0 aliphatic heterocycles. The maximum Gasteiger partial charge on any atom is 0.355 e. The van der Waals surface area contributed by atoms with Gasteiger partial charge in [-0.3, -0.25) is 0 Å². The predicted octanol–water partition coefficient (Wildman–Crippen LogP) is 3.13. The summed E-state index contributed by atoms with van der Waals surface area (Å²) in [4.78, 5) is 14.8. The number of ether oxygens (including phenoxy) is 1. The highest BCUT2D eigenvalue weighted by atomic mass is 32.1. The predicted molar refractivity (Wildman–Crippen MR) is 66.0 cm³/mol. The maximum absolute atomic E-state index is 11.7. The van der Waals surface area contributed by atoms with Gasteiger partial charge in [0.2, 0.25) is 0 Å². The summed E-state index contributed by atoms with van der Waals surface area (Å²) >= 11 is 1.62. The van der Waals surface area contributed by atoms with Gasteiger partial charge in [0.25, 0.3) is 0 Å². The highest BCUT2D eigenvalue weighted by Gasteiger charge is 2.18. The number of thiophene rings is 1. The molecule has 0 fully saturated rings. The average Bonchev–Trinajstić information content (AvgIpc) is 2.81. The van der Waals surface area contributed by atoms with Gasteiger partial charge in [0.15, 0.2) is 0 Å². The average molecular weight is 235 g/mol. The van der Waals surface area contributed by atoms with Gasteiger partial charge in [0.05, 0.1) is 16.8 Å². The van der Waals surface area contributed by atoms with Crippen LogP contribution < -0.4 is 0 Å². The Balaban J connectivity index is 2.49. The number of aromatic nitrogens is 1. The molecule has 0 bridgehead atoms. The largest absolute Gasteiger partial charge is 0.461 e. The molecule has 0 aliphatic rings. The molecule has 0 atom stereocenters. The number of H-pyrrole nitrogens is 1. The van der Waals surface area contributed by atoms with Crippen LogP contribution in [0.25, 0.3) is 10.2 Å². The molecule has 3 nitrogen and oxygen atoms in total. The molecule has 0 radical (unpaired) electrons. The number of carbonyl (C=O) groups excluding carboxylic acids is 1. The molecule has 2 aromatic heterocycles. The Morgan fingerprint density at radius 3 is 3.19 bits per heavy atom. The van der Waals surface area contributed by atoms with Crippen molar-refractivity contribution >= 4 is 27.5 Å². The molecule has 2 aromatic rings. The van der Waals surface area contributed by atoms with Crippen LogP contribution in [-0.2, 0) is 11.2 Å². The fraction of sp³-hybridized carbons (Fsp3) is 0.250. The van der Waals surface area contributed by atoms with Crippen molar-refractivity contribution in [2.75, 3.05) is 6.61 Å². The number of esters is 1. The van der Waals surface area contributed by atoms with Gasteiger partial charge in [0, 0.05) is 5.56 Å². The molecule has 2 heterocycles. The van der Waals surface area contributed by atoms with E-state index in [4.69, 9.17) is 4.74 Å². The van der Waals surface area contributed by atoms with Gasteiger partial charge in [-0.1, -0.05) is 6.08 Å². The Bertz CT molecular complexity index is 524. The van der Waals surface area contributed by atoms with Crippen LogP contribution in [0.5, 0.6) is 0 Å². The zero-order chi connectivity index (χ0) is 11.5. The summed E-state index contributed by atoms with van der Waals surface area (Å²) < 4.78 is 6.13. The van der Waals surface area contributed by atoms with E-state index in [1.807, 2.05) is 11.4 Å². The van der Waals surface area contributed by atoms with Crippen molar-refractivity contribution in [3.63, 3.8) is 0 Å². The standard InChI is InChI=1S/C12H13NO2S/c1-3-5-8-10(12(14)15-4-2)13-9-6-7-16-11(8)9/h3,6-7,13H,1,4-5H2,2H3. The van der Waals surface area contributed by atoms with Gasteiger partial charge in [-0.2, -0.15) is 0 Å². The van der Waals surface area contributed by atoms with Gasteiger partial charge in [0.1, 0.15) is 5.69 Å². The second-order valence-electron chi connectivity index (χ2n) is 3.36. The van der Waals surface area contributed by atoms with Crippen molar-refractivity contribution in [2.45, 2.75) is 13.3 Å². The van der Waals surface area contributed by atoms with Gasteiger partial charge in [-0.25, -0.2) is 4.79 Å². The summed E-state index contributed by atoms with van der Waals surface area (Å²) in [6.07, 6.45) is 2.47. The van der Waals surface area contributed by atoms with E-state index in [-0.39, 0.29) is 5.97 Å². The molecule has 0 saturated heterocycles. The minimum absolute atomic E-state index is 0.289. The fourth-order valence-electron chi connectivity index (χ4n) is 1.68. The third-order valence-electron chi connectivity index (χ3n) is 2.33. The van der Waals surface area contributed by atoms with E-state index in [0.29, 0.717) is 18.7 Å². The molecular formula is C12H13NO2S. The van der Waals surface area contributed by atoms with Crippen LogP contribution in [0.3, 0.4) is 0 Å². The van der Waals surface area contributed by atoms with Crippen molar-refractivity contribution < 1.29 is 9.53 Å². The summed E-state index contributed by atoms with van der Waals surface area (Å²) in [6.45, 7) is 5.90. The molecule has 4 heteroatoms. The Morgan fingerprint density at radius 1 is 1.69 bits per heavy atom. The van der Waals surface area contributed by atoms with Gasteiger partial charge in [-0.15, -0.1) is 17.9 Å². The number of nitrogens with one attached hydrogen (secondary N) is 1. The highest BCUT2D eigenvalue weighted by molar-refractivity contribution is 7.17. The molecular weight excluding hydrogens is 222 g/mol. The third kappa shape index (κ3) is 1.76. The zero-order valence-corrected chi connectivity index (χ0v) is 9.89. The number of allylic oxidation sites excluding steroid dienone is 1. The minimum atomic E-state index is -0.289. The van der Waals surface area contributed by atoms with E-state index in [9.17, 15) is 4.79 Å². The lowest BCUT2D eigenvalue weighted by Crippen LogP contribution is -2.07. The lowest BCUT2D eigenvalue weighted by atomic mass is 10.1. The van der Waals surface area contributed by atoms with Gasteiger partial charge >= 0.3 is 5.97 Å². The molecule has 0 spiro atoms. The van der Waals surface area contributed by atoms with Crippen LogP contribution in [0.15, 0.2) is 24.1 Å². The van der Waals surface area contributed by atoms with E-state index < -0.39 is 0 Å². The van der Waals surface area contributed by atoms with Gasteiger partial charge < -0.3 is 9.72 Å². The van der Waals surface area contributed by atoms with Gasteiger partial charge in [-0.05, 0) is 24.8 Å². The molecule has 0 amide bonds. The van der Waals surface area contributed by atoms with Crippen LogP contribution in [0.1, 0.15) is 23.0 Å². The second-order valence-corrected chi connectivity index (χ2v) is 4.27. The Kier molecular flexibility index (Phi) is 3.10. The Hall–Kier alpha value is -1.55. The summed E-state index contributed by atoms with van der Waals surface area (Å²) in [5, 5.41) is 2.00. The molecule has 16 heavy (non-hydrogen) atoms. The number of hydrogen-bond acceptors (Lipinski definition) is 3. The Labute approximate surface area is 97.7 Å². The van der Waals surface area contributed by atoms with Crippen molar-refractivity contribution in [2.24, 2.45) is 0 Å². The number of rotatable bonds is 4. The summed E-state index contributed by atoms with van der Waals surface area (Å²) in [5.41, 5.74) is 2.53. The number of carbonyl (C=O) groups is 1. The zero-order valence-electron chi connectivity index (χ0n) is 9.08. The first-order valence-corrected chi connectivity index (χ1v) is 6.02. The first-order valence-electron chi connectivity index (χ1n) is 5.14. The van der Waals surface area contributed by atoms with Crippen LogP contribution in [0.4, 0.5) is 0 Å². The van der Waals surface area contributed by atoms with Crippen LogP contribution in [0.2, 0.25) is 0 Å². The number of hydrogen-bond donors (Lipinski definition) is 1. The SMILES string of the molecule is C=CCc1c(C(=O)OCC)[nH]c2ccsc12. The lowest BCUT2D eigenvalue weighted by Gasteiger charge is -2.01. The Morgan fingerprint density at radius 2 is 2.50 bits per heavy atom. The van der Waals surface area contributed by atoms with E-state index >= 15 is 0 Å². The minimum Gasteiger partial charge on any atom is -0.461 e. The van der Waals surface area contributed by atoms with Crippen LogP contribution in [-0.4, -0.2) is 17.6 Å². The number of fused-ring (bicyclic) bond motifs is 1. The normalized spacial score (nSPS) is 10.6. The smallest absolute Gasteiger partial charge is 0.355 e. The highest BCUT2D eigenvalue weighted by Crippen LogP contribution is 2.28. The van der Waals surface area contributed by atoms with Crippen molar-refractivity contribution in [3.8, 4) is 0 Å². The molecule has 0 aromatic carbocycles. The molecule has 0 aliphatic carbocycles. The lowest BCUT2D eigenvalue weighted by molar-refractivity contribution is 0.0519. The molecule has 84 valence electrons. The topological polar surface area (TPSA) is 42.1 Å². The van der Waals surface area contributed by atoms with Crippen LogP contribution in [0, 0.1) is 0 Å². The number of aromatic amines is 1. The van der Waals surface area contributed by atoms with E-state index in [0.717, 1.165) is 15.8 Å². The van der Waals surface area contributed by atoms with Crippen LogP contribution >= 0.6 is 11.3 Å². The monoisotopic (exact) mass is 235 g/mol.